The lowest BCUT2D eigenvalue weighted by atomic mass is 10.1. The Hall–Kier alpha value is -1.75. The minimum Gasteiger partial charge on any atom is -0.397 e. The number of amides is 1. The van der Waals surface area contributed by atoms with E-state index in [-0.39, 0.29) is 12.0 Å². The molecule has 1 aliphatic rings. The first-order valence-corrected chi connectivity index (χ1v) is 6.03. The molecule has 1 aliphatic heterocycles. The van der Waals surface area contributed by atoms with E-state index >= 15 is 0 Å². The average Bonchev–Trinajstić information content (AvgIpc) is 2.74. The average molecular weight is 249 g/mol. The molecule has 1 heterocycles. The van der Waals surface area contributed by atoms with Gasteiger partial charge in [0.1, 0.15) is 0 Å². The molecule has 2 rings (SSSR count). The van der Waals surface area contributed by atoms with Gasteiger partial charge >= 0.3 is 0 Å². The summed E-state index contributed by atoms with van der Waals surface area (Å²) in [5.74, 6) is -0.0605. The summed E-state index contributed by atoms with van der Waals surface area (Å²) in [5.41, 5.74) is 8.05. The van der Waals surface area contributed by atoms with Crippen molar-refractivity contribution in [3.8, 4) is 0 Å². The van der Waals surface area contributed by atoms with Gasteiger partial charge in [0.2, 0.25) is 0 Å². The van der Waals surface area contributed by atoms with Crippen LogP contribution in [0.1, 0.15) is 16.8 Å². The molecule has 0 aromatic heterocycles. The van der Waals surface area contributed by atoms with Gasteiger partial charge in [0.25, 0.3) is 5.91 Å². The van der Waals surface area contributed by atoms with Gasteiger partial charge in [-0.2, -0.15) is 0 Å². The van der Waals surface area contributed by atoms with Crippen molar-refractivity contribution in [1.82, 2.24) is 4.90 Å². The molecular formula is C13H19N3O2. The number of rotatable bonds is 2. The van der Waals surface area contributed by atoms with Crippen LogP contribution in [0.15, 0.2) is 18.2 Å². The largest absolute Gasteiger partial charge is 0.397 e. The highest BCUT2D eigenvalue weighted by Crippen LogP contribution is 2.27. The minimum atomic E-state index is -0.285. The van der Waals surface area contributed by atoms with Crippen molar-refractivity contribution in [2.45, 2.75) is 12.5 Å². The van der Waals surface area contributed by atoms with E-state index in [1.165, 1.54) is 4.90 Å². The van der Waals surface area contributed by atoms with Crippen molar-refractivity contribution in [1.29, 1.82) is 0 Å². The Labute approximate surface area is 107 Å². The lowest BCUT2D eigenvalue weighted by molar-refractivity contribution is 0.0827. The molecule has 1 unspecified atom stereocenters. The predicted molar refractivity (Wildman–Crippen MR) is 71.7 cm³/mol. The van der Waals surface area contributed by atoms with Crippen molar-refractivity contribution in [2.75, 3.05) is 37.8 Å². The van der Waals surface area contributed by atoms with E-state index in [0.717, 1.165) is 18.7 Å². The highest BCUT2D eigenvalue weighted by atomic mass is 16.3. The van der Waals surface area contributed by atoms with Gasteiger partial charge in [-0.25, -0.2) is 0 Å². The van der Waals surface area contributed by atoms with E-state index in [4.69, 9.17) is 5.73 Å². The third kappa shape index (κ3) is 2.41. The summed E-state index contributed by atoms with van der Waals surface area (Å²) in [6, 6.07) is 5.32. The Morgan fingerprint density at radius 3 is 2.72 bits per heavy atom. The van der Waals surface area contributed by atoms with Crippen molar-refractivity contribution in [2.24, 2.45) is 0 Å². The summed E-state index contributed by atoms with van der Waals surface area (Å²) in [7, 11) is 3.42. The second-order valence-corrected chi connectivity index (χ2v) is 4.86. The molecule has 3 N–H and O–H groups in total. The number of nitrogen functional groups attached to an aromatic ring is 1. The van der Waals surface area contributed by atoms with Gasteiger partial charge in [0.05, 0.1) is 17.5 Å². The monoisotopic (exact) mass is 249 g/mol. The Morgan fingerprint density at radius 1 is 1.50 bits per heavy atom. The van der Waals surface area contributed by atoms with Crippen LogP contribution in [0.2, 0.25) is 0 Å². The molecule has 1 saturated heterocycles. The van der Waals surface area contributed by atoms with Crippen LogP contribution in [0, 0.1) is 0 Å². The van der Waals surface area contributed by atoms with Gasteiger partial charge in [-0.15, -0.1) is 0 Å². The number of carbonyl (C=O) groups is 1. The van der Waals surface area contributed by atoms with E-state index in [9.17, 15) is 9.90 Å². The number of hydrogen-bond acceptors (Lipinski definition) is 4. The van der Waals surface area contributed by atoms with Gasteiger partial charge < -0.3 is 20.6 Å². The molecule has 1 aromatic rings. The van der Waals surface area contributed by atoms with Gasteiger partial charge in [-0.1, -0.05) is 0 Å². The second-order valence-electron chi connectivity index (χ2n) is 4.86. The minimum absolute atomic E-state index is 0.0605. The van der Waals surface area contributed by atoms with Crippen LogP contribution in [-0.2, 0) is 0 Å². The molecule has 1 fully saturated rings. The van der Waals surface area contributed by atoms with E-state index in [1.54, 1.807) is 26.2 Å². The zero-order valence-electron chi connectivity index (χ0n) is 10.8. The van der Waals surface area contributed by atoms with Crippen LogP contribution in [0.4, 0.5) is 11.4 Å². The number of nitrogens with two attached hydrogens (primary N) is 1. The summed E-state index contributed by atoms with van der Waals surface area (Å²) in [6.07, 6.45) is 0.477. The lowest BCUT2D eigenvalue weighted by Crippen LogP contribution is -2.24. The third-order valence-electron chi connectivity index (χ3n) is 3.18. The van der Waals surface area contributed by atoms with Gasteiger partial charge in [-0.05, 0) is 24.6 Å². The van der Waals surface area contributed by atoms with Crippen LogP contribution >= 0.6 is 0 Å². The van der Waals surface area contributed by atoms with E-state index < -0.39 is 0 Å². The highest BCUT2D eigenvalue weighted by Gasteiger charge is 2.22. The van der Waals surface area contributed by atoms with Crippen molar-refractivity contribution in [3.05, 3.63) is 23.8 Å². The van der Waals surface area contributed by atoms with Crippen LogP contribution in [0.3, 0.4) is 0 Å². The number of β-amino-alcohol motifs (C(OH)–C–C–N with tert-alkyl or cyclic N) is 1. The fourth-order valence-electron chi connectivity index (χ4n) is 2.19. The highest BCUT2D eigenvalue weighted by molar-refractivity contribution is 5.95. The fourth-order valence-corrected chi connectivity index (χ4v) is 2.19. The molecule has 0 aliphatic carbocycles. The molecule has 1 aromatic carbocycles. The molecule has 0 saturated carbocycles. The zero-order valence-corrected chi connectivity index (χ0v) is 10.8. The van der Waals surface area contributed by atoms with E-state index in [1.807, 2.05) is 11.0 Å². The number of aliphatic hydroxyl groups is 1. The third-order valence-corrected chi connectivity index (χ3v) is 3.18. The van der Waals surface area contributed by atoms with Crippen molar-refractivity contribution >= 4 is 17.3 Å². The Bertz CT molecular complexity index is 460. The molecule has 18 heavy (non-hydrogen) atoms. The Kier molecular flexibility index (Phi) is 3.43. The summed E-state index contributed by atoms with van der Waals surface area (Å²) >= 11 is 0. The summed E-state index contributed by atoms with van der Waals surface area (Å²) in [5, 5.41) is 9.52. The number of hydrogen-bond donors (Lipinski definition) is 2. The predicted octanol–water partition coefficient (Wildman–Crippen LogP) is 0.542. The number of nitrogens with zero attached hydrogens (tertiary/aromatic N) is 2. The quantitative estimate of drug-likeness (QED) is 0.751. The van der Waals surface area contributed by atoms with Crippen molar-refractivity contribution in [3.63, 3.8) is 0 Å². The first-order chi connectivity index (χ1) is 8.49. The molecule has 0 radical (unpaired) electrons. The molecule has 0 bridgehead atoms. The molecule has 5 heteroatoms. The molecule has 98 valence electrons. The Balaban J connectivity index is 2.23. The zero-order chi connectivity index (χ0) is 13.3. The summed E-state index contributed by atoms with van der Waals surface area (Å²) < 4.78 is 0. The fraction of sp³-hybridized carbons (Fsp3) is 0.462. The first-order valence-electron chi connectivity index (χ1n) is 6.03. The van der Waals surface area contributed by atoms with Crippen LogP contribution in [0.25, 0.3) is 0 Å². The molecule has 5 nitrogen and oxygen atoms in total. The second kappa shape index (κ2) is 4.86. The SMILES string of the molecule is CN(C)C(=O)c1ccc(N2CCC(O)C2)c(N)c1. The van der Waals surface area contributed by atoms with Crippen LogP contribution in [-0.4, -0.2) is 49.2 Å². The topological polar surface area (TPSA) is 69.8 Å². The van der Waals surface area contributed by atoms with Gasteiger partial charge in [0, 0.05) is 32.7 Å². The first kappa shape index (κ1) is 12.7. The standard InChI is InChI=1S/C13H19N3O2/c1-15(2)13(18)9-3-4-12(11(14)7-9)16-6-5-10(17)8-16/h3-4,7,10,17H,5-6,8,14H2,1-2H3. The van der Waals surface area contributed by atoms with Crippen LogP contribution < -0.4 is 10.6 Å². The number of carbonyl (C=O) groups excluding carboxylic acids is 1. The lowest BCUT2D eigenvalue weighted by Gasteiger charge is -2.20. The molecule has 1 amide bonds. The molecule has 1 atom stereocenters. The number of benzene rings is 1. The van der Waals surface area contributed by atoms with Gasteiger partial charge in [0.15, 0.2) is 0 Å². The maximum atomic E-state index is 11.8. The van der Waals surface area contributed by atoms with Crippen LogP contribution in [0.5, 0.6) is 0 Å². The van der Waals surface area contributed by atoms with E-state index in [2.05, 4.69) is 0 Å². The maximum Gasteiger partial charge on any atom is 0.253 e. The molecular weight excluding hydrogens is 230 g/mol. The van der Waals surface area contributed by atoms with E-state index in [0.29, 0.717) is 17.8 Å². The smallest absolute Gasteiger partial charge is 0.253 e. The Morgan fingerprint density at radius 2 is 2.22 bits per heavy atom. The maximum absolute atomic E-state index is 11.8. The number of aliphatic hydroxyl groups excluding tert-OH is 1. The normalized spacial score (nSPS) is 19.1. The summed E-state index contributed by atoms with van der Waals surface area (Å²) in [6.45, 7) is 1.40. The van der Waals surface area contributed by atoms with Gasteiger partial charge in [-0.3, -0.25) is 4.79 Å². The number of anilines is 2. The van der Waals surface area contributed by atoms with Crippen molar-refractivity contribution < 1.29 is 9.90 Å². The molecule has 0 spiro atoms. The summed E-state index contributed by atoms with van der Waals surface area (Å²) in [4.78, 5) is 15.4.